The van der Waals surface area contributed by atoms with Crippen LogP contribution in [0.1, 0.15) is 25.0 Å². The Labute approximate surface area is 114 Å². The van der Waals surface area contributed by atoms with E-state index in [1.807, 2.05) is 0 Å². The van der Waals surface area contributed by atoms with Crippen LogP contribution in [0.3, 0.4) is 0 Å². The summed E-state index contributed by atoms with van der Waals surface area (Å²) in [6.07, 6.45) is 2.97. The van der Waals surface area contributed by atoms with E-state index in [0.29, 0.717) is 11.3 Å². The fourth-order valence-corrected chi connectivity index (χ4v) is 3.07. The van der Waals surface area contributed by atoms with Gasteiger partial charge in [-0.2, -0.15) is 0 Å². The van der Waals surface area contributed by atoms with E-state index in [2.05, 4.69) is 0 Å². The van der Waals surface area contributed by atoms with Crippen molar-refractivity contribution in [1.29, 1.82) is 0 Å². The lowest BCUT2D eigenvalue weighted by Crippen LogP contribution is -2.36. The number of fused-ring (bicyclic) bond motifs is 3. The summed E-state index contributed by atoms with van der Waals surface area (Å²) in [5.41, 5.74) is -0.531. The molecule has 1 heterocycles. The molecule has 0 aromatic heterocycles. The number of nitro groups is 1. The highest BCUT2D eigenvalue weighted by Crippen LogP contribution is 2.54. The third kappa shape index (κ3) is 1.44. The summed E-state index contributed by atoms with van der Waals surface area (Å²) >= 11 is 0. The van der Waals surface area contributed by atoms with Gasteiger partial charge in [0.15, 0.2) is 5.60 Å². The van der Waals surface area contributed by atoms with Gasteiger partial charge in [-0.05, 0) is 32.1 Å². The predicted octanol–water partition coefficient (Wildman–Crippen LogP) is 2.49. The fraction of sp³-hybridized carbons (Fsp3) is 0.286. The van der Waals surface area contributed by atoms with E-state index in [0.717, 1.165) is 0 Å². The first kappa shape index (κ1) is 12.5. The second kappa shape index (κ2) is 3.75. The summed E-state index contributed by atoms with van der Waals surface area (Å²) in [6.45, 7) is 3.39. The van der Waals surface area contributed by atoms with Crippen molar-refractivity contribution < 1.29 is 19.9 Å². The summed E-state index contributed by atoms with van der Waals surface area (Å²) in [4.78, 5) is 10.8. The maximum Gasteiger partial charge on any atom is 0.258 e. The monoisotopic (exact) mass is 275 g/mol. The quantitative estimate of drug-likeness (QED) is 0.466. The van der Waals surface area contributed by atoms with Crippen LogP contribution in [-0.2, 0) is 10.3 Å². The SMILES string of the molecule is CC1=C[C@H]2C([N+](=O)[O-])=Cc3c(O)ccc(O)c3[C@@]2(C)O1. The lowest BCUT2D eigenvalue weighted by Gasteiger charge is -2.34. The molecule has 1 aromatic rings. The second-order valence-corrected chi connectivity index (χ2v) is 5.18. The normalized spacial score (nSPS) is 27.0. The molecule has 0 saturated heterocycles. The average Bonchev–Trinajstić information content (AvgIpc) is 2.66. The van der Waals surface area contributed by atoms with Gasteiger partial charge in [0.2, 0.25) is 0 Å². The standard InChI is InChI=1S/C14H13NO5/c1-7-5-9-10(15(18)19)6-8-11(16)3-4-12(17)13(8)14(9,2)20-7/h3-6,9,16-17H,1-2H3/t9-,14-/m0/s1. The Kier molecular flexibility index (Phi) is 2.35. The number of phenols is 2. The number of rotatable bonds is 1. The molecule has 2 atom stereocenters. The van der Waals surface area contributed by atoms with Crippen molar-refractivity contribution in [3.05, 3.63) is 50.9 Å². The van der Waals surface area contributed by atoms with E-state index in [4.69, 9.17) is 4.74 Å². The molecule has 1 aromatic carbocycles. The van der Waals surface area contributed by atoms with E-state index in [1.165, 1.54) is 18.2 Å². The van der Waals surface area contributed by atoms with Crippen LogP contribution in [0.15, 0.2) is 29.7 Å². The summed E-state index contributed by atoms with van der Waals surface area (Å²) in [7, 11) is 0. The zero-order valence-electron chi connectivity index (χ0n) is 11.0. The second-order valence-electron chi connectivity index (χ2n) is 5.18. The number of allylic oxidation sites excluding steroid dienone is 1. The van der Waals surface area contributed by atoms with Gasteiger partial charge < -0.3 is 14.9 Å². The van der Waals surface area contributed by atoms with Gasteiger partial charge in [0.1, 0.15) is 17.4 Å². The molecule has 2 aliphatic rings. The Balaban J connectivity index is 2.35. The van der Waals surface area contributed by atoms with E-state index >= 15 is 0 Å². The minimum atomic E-state index is -1.08. The molecule has 6 nitrogen and oxygen atoms in total. The first-order chi connectivity index (χ1) is 9.34. The van der Waals surface area contributed by atoms with Crippen molar-refractivity contribution in [2.24, 2.45) is 5.92 Å². The highest BCUT2D eigenvalue weighted by molar-refractivity contribution is 5.71. The number of aromatic hydroxyl groups is 2. The molecule has 0 bridgehead atoms. The Morgan fingerprint density at radius 2 is 2.00 bits per heavy atom. The average molecular weight is 275 g/mol. The molecule has 0 spiro atoms. The Morgan fingerprint density at radius 3 is 2.65 bits per heavy atom. The van der Waals surface area contributed by atoms with Gasteiger partial charge >= 0.3 is 0 Å². The summed E-state index contributed by atoms with van der Waals surface area (Å²) in [5.74, 6) is -0.212. The molecule has 0 fully saturated rings. The summed E-state index contributed by atoms with van der Waals surface area (Å²) in [6, 6.07) is 2.67. The maximum atomic E-state index is 11.3. The van der Waals surface area contributed by atoms with Crippen molar-refractivity contribution in [3.8, 4) is 11.5 Å². The number of ether oxygens (including phenoxy) is 1. The maximum absolute atomic E-state index is 11.3. The highest BCUT2D eigenvalue weighted by atomic mass is 16.6. The zero-order valence-corrected chi connectivity index (χ0v) is 11.0. The molecule has 0 unspecified atom stereocenters. The van der Waals surface area contributed by atoms with Gasteiger partial charge in [-0.25, -0.2) is 0 Å². The number of nitrogens with zero attached hydrogens (tertiary/aromatic N) is 1. The largest absolute Gasteiger partial charge is 0.507 e. The van der Waals surface area contributed by atoms with Crippen LogP contribution in [-0.4, -0.2) is 15.1 Å². The van der Waals surface area contributed by atoms with Crippen LogP contribution in [0.5, 0.6) is 11.5 Å². The predicted molar refractivity (Wildman–Crippen MR) is 70.4 cm³/mol. The highest BCUT2D eigenvalue weighted by Gasteiger charge is 2.53. The minimum absolute atomic E-state index is 0.0490. The smallest absolute Gasteiger partial charge is 0.258 e. The van der Waals surface area contributed by atoms with Gasteiger partial charge in [0.05, 0.1) is 10.7 Å². The van der Waals surface area contributed by atoms with Crippen molar-refractivity contribution >= 4 is 6.08 Å². The lowest BCUT2D eigenvalue weighted by molar-refractivity contribution is -0.434. The molecule has 2 N–H and O–H groups in total. The topological polar surface area (TPSA) is 92.8 Å². The molecular weight excluding hydrogens is 262 g/mol. The third-order valence-electron chi connectivity index (χ3n) is 3.89. The van der Waals surface area contributed by atoms with E-state index in [1.54, 1.807) is 19.9 Å². The molecule has 104 valence electrons. The van der Waals surface area contributed by atoms with Crippen molar-refractivity contribution in [2.75, 3.05) is 0 Å². The molecule has 20 heavy (non-hydrogen) atoms. The van der Waals surface area contributed by atoms with Crippen LogP contribution < -0.4 is 0 Å². The van der Waals surface area contributed by atoms with Gasteiger partial charge in [-0.3, -0.25) is 10.1 Å². The Hall–Kier alpha value is -2.50. The number of benzene rings is 1. The number of hydrogen-bond donors (Lipinski definition) is 2. The molecule has 1 aliphatic carbocycles. The van der Waals surface area contributed by atoms with Gasteiger partial charge in [-0.1, -0.05) is 0 Å². The first-order valence-corrected chi connectivity index (χ1v) is 6.13. The van der Waals surface area contributed by atoms with Crippen LogP contribution >= 0.6 is 0 Å². The third-order valence-corrected chi connectivity index (χ3v) is 3.89. The molecule has 6 heteroatoms. The van der Waals surface area contributed by atoms with E-state index < -0.39 is 16.4 Å². The van der Waals surface area contributed by atoms with E-state index in [-0.39, 0.29) is 22.8 Å². The zero-order chi connectivity index (χ0) is 14.7. The van der Waals surface area contributed by atoms with Crippen LogP contribution in [0, 0.1) is 16.0 Å². The molecule has 0 amide bonds. The summed E-state index contributed by atoms with van der Waals surface area (Å²) in [5, 5.41) is 31.3. The van der Waals surface area contributed by atoms with E-state index in [9.17, 15) is 20.3 Å². The fourth-order valence-electron chi connectivity index (χ4n) is 3.07. The summed E-state index contributed by atoms with van der Waals surface area (Å²) < 4.78 is 5.74. The minimum Gasteiger partial charge on any atom is -0.507 e. The van der Waals surface area contributed by atoms with Crippen molar-refractivity contribution in [1.82, 2.24) is 0 Å². The van der Waals surface area contributed by atoms with Crippen LogP contribution in [0.4, 0.5) is 0 Å². The molecule has 1 aliphatic heterocycles. The molecule has 0 saturated carbocycles. The Morgan fingerprint density at radius 1 is 1.35 bits per heavy atom. The van der Waals surface area contributed by atoms with Crippen LogP contribution in [0.2, 0.25) is 0 Å². The molecule has 3 rings (SSSR count). The van der Waals surface area contributed by atoms with Crippen LogP contribution in [0.25, 0.3) is 6.08 Å². The molecular formula is C14H13NO5. The van der Waals surface area contributed by atoms with Crippen molar-refractivity contribution in [2.45, 2.75) is 19.4 Å². The van der Waals surface area contributed by atoms with Gasteiger partial charge in [-0.15, -0.1) is 0 Å². The first-order valence-electron chi connectivity index (χ1n) is 6.13. The number of phenolic OH excluding ortho intramolecular Hbond substituents is 2. The molecule has 0 radical (unpaired) electrons. The lowest BCUT2D eigenvalue weighted by atomic mass is 9.74. The van der Waals surface area contributed by atoms with Gasteiger partial charge in [0.25, 0.3) is 5.70 Å². The number of hydrogen-bond acceptors (Lipinski definition) is 5. The van der Waals surface area contributed by atoms with Gasteiger partial charge in [0, 0.05) is 17.2 Å². The van der Waals surface area contributed by atoms with Crippen molar-refractivity contribution in [3.63, 3.8) is 0 Å². The Bertz CT molecular complexity index is 691.